The number of amides is 4. The highest BCUT2D eigenvalue weighted by molar-refractivity contribution is 5.94. The van der Waals surface area contributed by atoms with Crippen molar-refractivity contribution in [3.05, 3.63) is 0 Å². The van der Waals surface area contributed by atoms with Crippen LogP contribution in [0.25, 0.3) is 0 Å². The molecule has 0 aliphatic rings. The van der Waals surface area contributed by atoms with Crippen LogP contribution in [0.1, 0.15) is 72.6 Å². The summed E-state index contributed by atoms with van der Waals surface area (Å²) < 4.78 is 0. The van der Waals surface area contributed by atoms with E-state index in [2.05, 4.69) is 16.0 Å². The van der Waals surface area contributed by atoms with E-state index in [0.29, 0.717) is 25.8 Å². The molecule has 0 heterocycles. The predicted molar refractivity (Wildman–Crippen MR) is 132 cm³/mol. The van der Waals surface area contributed by atoms with E-state index in [1.807, 2.05) is 27.7 Å². The molecule has 0 spiro atoms. The second-order valence-electron chi connectivity index (χ2n) is 9.68. The van der Waals surface area contributed by atoms with E-state index in [1.54, 1.807) is 0 Å². The lowest BCUT2D eigenvalue weighted by Gasteiger charge is -2.26. The van der Waals surface area contributed by atoms with E-state index < -0.39 is 53.8 Å². The van der Waals surface area contributed by atoms with Crippen molar-refractivity contribution in [3.63, 3.8) is 0 Å². The van der Waals surface area contributed by atoms with Gasteiger partial charge in [-0.25, -0.2) is 4.79 Å². The van der Waals surface area contributed by atoms with Crippen molar-refractivity contribution in [2.45, 2.75) is 96.8 Å². The standard InChI is InChI=1S/C23H44N6O6/c1-13(2)11-17(28-20(31)15(25)7-5-6-10-24)22(33)29-18(12-14(3)4)21(32)27-16(23(34)35)8-9-19(26)30/h13-18H,5-12,24-25H2,1-4H3,(H2,26,30)(H,27,32)(H,28,31)(H,29,33)(H,34,35). The van der Waals surface area contributed by atoms with Crippen LogP contribution >= 0.6 is 0 Å². The Hall–Kier alpha value is -2.73. The van der Waals surface area contributed by atoms with Crippen LogP contribution in [0.3, 0.4) is 0 Å². The van der Waals surface area contributed by atoms with E-state index in [-0.39, 0.29) is 31.1 Å². The molecule has 4 unspecified atom stereocenters. The van der Waals surface area contributed by atoms with Gasteiger partial charge in [-0.3, -0.25) is 19.2 Å². The van der Waals surface area contributed by atoms with Crippen molar-refractivity contribution in [3.8, 4) is 0 Å². The van der Waals surface area contributed by atoms with Crippen molar-refractivity contribution < 1.29 is 29.1 Å². The van der Waals surface area contributed by atoms with Crippen molar-refractivity contribution in [1.82, 2.24) is 16.0 Å². The number of carboxylic acid groups (broad SMARTS) is 1. The molecule has 0 aliphatic carbocycles. The molecule has 12 nitrogen and oxygen atoms in total. The fourth-order valence-electron chi connectivity index (χ4n) is 3.41. The van der Waals surface area contributed by atoms with Crippen LogP contribution in [-0.2, 0) is 24.0 Å². The fourth-order valence-corrected chi connectivity index (χ4v) is 3.41. The molecule has 0 aliphatic heterocycles. The largest absolute Gasteiger partial charge is 0.480 e. The molecule has 0 bridgehead atoms. The molecular weight excluding hydrogens is 456 g/mol. The minimum Gasteiger partial charge on any atom is -0.480 e. The lowest BCUT2D eigenvalue weighted by Crippen LogP contribution is -2.57. The van der Waals surface area contributed by atoms with Crippen LogP contribution < -0.4 is 33.2 Å². The molecule has 12 heteroatoms. The van der Waals surface area contributed by atoms with Gasteiger partial charge < -0.3 is 38.3 Å². The first kappa shape index (κ1) is 32.3. The number of hydrogen-bond acceptors (Lipinski definition) is 7. The molecule has 4 amide bonds. The number of nitrogens with two attached hydrogens (primary N) is 3. The van der Waals surface area contributed by atoms with Crippen molar-refractivity contribution >= 4 is 29.6 Å². The molecule has 0 rings (SSSR count). The second-order valence-corrected chi connectivity index (χ2v) is 9.68. The van der Waals surface area contributed by atoms with Crippen LogP contribution in [-0.4, -0.2) is 65.4 Å². The third-order valence-electron chi connectivity index (χ3n) is 5.28. The number of primary amides is 1. The summed E-state index contributed by atoms with van der Waals surface area (Å²) in [6.45, 7) is 7.98. The molecule has 35 heavy (non-hydrogen) atoms. The van der Waals surface area contributed by atoms with Crippen molar-refractivity contribution in [1.29, 1.82) is 0 Å². The third-order valence-corrected chi connectivity index (χ3v) is 5.28. The van der Waals surface area contributed by atoms with Crippen LogP contribution in [0.15, 0.2) is 0 Å². The zero-order valence-corrected chi connectivity index (χ0v) is 21.3. The van der Waals surface area contributed by atoms with Gasteiger partial charge in [0, 0.05) is 6.42 Å². The monoisotopic (exact) mass is 500 g/mol. The number of nitrogens with one attached hydrogen (secondary N) is 3. The van der Waals surface area contributed by atoms with Gasteiger partial charge in [0.15, 0.2) is 0 Å². The van der Waals surface area contributed by atoms with E-state index in [1.165, 1.54) is 0 Å². The maximum Gasteiger partial charge on any atom is 0.326 e. The zero-order chi connectivity index (χ0) is 27.1. The number of carboxylic acids is 1. The van der Waals surface area contributed by atoms with Gasteiger partial charge >= 0.3 is 5.97 Å². The Labute approximate surface area is 207 Å². The van der Waals surface area contributed by atoms with E-state index in [4.69, 9.17) is 17.2 Å². The fraction of sp³-hybridized carbons (Fsp3) is 0.783. The average molecular weight is 501 g/mol. The number of carbonyl (C=O) groups excluding carboxylic acids is 4. The summed E-state index contributed by atoms with van der Waals surface area (Å²) in [4.78, 5) is 61.0. The zero-order valence-electron chi connectivity index (χ0n) is 21.3. The van der Waals surface area contributed by atoms with Gasteiger partial charge in [-0.15, -0.1) is 0 Å². The Morgan fingerprint density at radius 1 is 0.743 bits per heavy atom. The summed E-state index contributed by atoms with van der Waals surface area (Å²) in [7, 11) is 0. The van der Waals surface area contributed by atoms with E-state index in [9.17, 15) is 29.1 Å². The Kier molecular flexibility index (Phi) is 15.5. The molecule has 0 saturated carbocycles. The number of aliphatic carboxylic acids is 1. The van der Waals surface area contributed by atoms with Gasteiger partial charge in [0.2, 0.25) is 23.6 Å². The summed E-state index contributed by atoms with van der Waals surface area (Å²) in [5.41, 5.74) is 16.5. The van der Waals surface area contributed by atoms with Gasteiger partial charge in [0.1, 0.15) is 18.1 Å². The van der Waals surface area contributed by atoms with Crippen LogP contribution in [0.2, 0.25) is 0 Å². The lowest BCUT2D eigenvalue weighted by molar-refractivity contribution is -0.142. The summed E-state index contributed by atoms with van der Waals surface area (Å²) in [5.74, 6) is -3.68. The summed E-state index contributed by atoms with van der Waals surface area (Å²) >= 11 is 0. The van der Waals surface area contributed by atoms with Gasteiger partial charge in [0.05, 0.1) is 6.04 Å². The molecule has 0 aromatic carbocycles. The van der Waals surface area contributed by atoms with Gasteiger partial charge in [-0.1, -0.05) is 34.1 Å². The van der Waals surface area contributed by atoms with Crippen LogP contribution in [0.5, 0.6) is 0 Å². The predicted octanol–water partition coefficient (Wildman–Crippen LogP) is -0.661. The van der Waals surface area contributed by atoms with E-state index in [0.717, 1.165) is 6.42 Å². The Balaban J connectivity index is 5.44. The summed E-state index contributed by atoms with van der Waals surface area (Å²) in [6.07, 6.45) is 2.02. The Bertz CT molecular complexity index is 715. The lowest BCUT2D eigenvalue weighted by atomic mass is 9.99. The third kappa shape index (κ3) is 14.3. The topological polar surface area (TPSA) is 220 Å². The summed E-state index contributed by atoms with van der Waals surface area (Å²) in [6, 6.07) is -4.09. The smallest absolute Gasteiger partial charge is 0.326 e. The highest BCUT2D eigenvalue weighted by Crippen LogP contribution is 2.10. The van der Waals surface area contributed by atoms with Crippen LogP contribution in [0.4, 0.5) is 0 Å². The minimum absolute atomic E-state index is 0.00550. The minimum atomic E-state index is -1.33. The average Bonchev–Trinajstić information content (AvgIpc) is 2.74. The first-order valence-corrected chi connectivity index (χ1v) is 12.2. The molecule has 0 aromatic heterocycles. The van der Waals surface area contributed by atoms with Gasteiger partial charge in [-0.2, -0.15) is 0 Å². The molecule has 0 fully saturated rings. The van der Waals surface area contributed by atoms with E-state index >= 15 is 0 Å². The molecule has 0 radical (unpaired) electrons. The number of carbonyl (C=O) groups is 5. The number of unbranched alkanes of at least 4 members (excludes halogenated alkanes) is 1. The Morgan fingerprint density at radius 2 is 1.20 bits per heavy atom. The molecule has 202 valence electrons. The summed E-state index contributed by atoms with van der Waals surface area (Å²) in [5, 5.41) is 17.1. The highest BCUT2D eigenvalue weighted by Gasteiger charge is 2.31. The first-order chi connectivity index (χ1) is 16.3. The molecule has 4 atom stereocenters. The van der Waals surface area contributed by atoms with Crippen molar-refractivity contribution in [2.24, 2.45) is 29.0 Å². The van der Waals surface area contributed by atoms with Gasteiger partial charge in [0.25, 0.3) is 0 Å². The van der Waals surface area contributed by atoms with Crippen molar-refractivity contribution in [2.75, 3.05) is 6.54 Å². The molecule has 0 aromatic rings. The first-order valence-electron chi connectivity index (χ1n) is 12.2. The normalized spacial score (nSPS) is 14.6. The SMILES string of the molecule is CC(C)CC(NC(=O)C(N)CCCCN)C(=O)NC(CC(C)C)C(=O)NC(CCC(N)=O)C(=O)O. The number of rotatable bonds is 18. The number of hydrogen-bond donors (Lipinski definition) is 7. The Morgan fingerprint density at radius 3 is 1.60 bits per heavy atom. The maximum absolute atomic E-state index is 13.1. The van der Waals surface area contributed by atoms with Crippen LogP contribution in [0, 0.1) is 11.8 Å². The molecule has 0 saturated heterocycles. The maximum atomic E-state index is 13.1. The highest BCUT2D eigenvalue weighted by atomic mass is 16.4. The van der Waals surface area contributed by atoms with Gasteiger partial charge in [-0.05, 0) is 50.5 Å². The molecular formula is C23H44N6O6. The molecule has 10 N–H and O–H groups in total. The quantitative estimate of drug-likeness (QED) is 0.119. The second kappa shape index (κ2) is 16.8.